The first-order valence-electron chi connectivity index (χ1n) is 4.84. The quantitative estimate of drug-likeness (QED) is 0.208. The Hall–Kier alpha value is -2.70. The Morgan fingerprint density at radius 3 is 2.67 bits per heavy atom. The Labute approximate surface area is 103 Å². The van der Waals surface area contributed by atoms with Gasteiger partial charge in [0.15, 0.2) is 0 Å². The number of nitrogens with zero attached hydrogens (tertiary/aromatic N) is 1. The van der Waals surface area contributed by atoms with Crippen LogP contribution in [0.5, 0.6) is 0 Å². The van der Waals surface area contributed by atoms with Crippen LogP contribution in [0.4, 0.5) is 11.4 Å². The number of ether oxygens (including phenoxy) is 1. The summed E-state index contributed by atoms with van der Waals surface area (Å²) >= 11 is 0. The van der Waals surface area contributed by atoms with E-state index in [0.29, 0.717) is 5.56 Å². The van der Waals surface area contributed by atoms with Crippen molar-refractivity contribution in [3.05, 3.63) is 46.0 Å². The SMILES string of the molecule is COC(=O)/C=C/C(=N)c1ccc([N+](=O)[O-])cc1N. The highest BCUT2D eigenvalue weighted by molar-refractivity contribution is 6.11. The van der Waals surface area contributed by atoms with Gasteiger partial charge in [0.25, 0.3) is 5.69 Å². The van der Waals surface area contributed by atoms with Gasteiger partial charge in [-0.1, -0.05) is 0 Å². The van der Waals surface area contributed by atoms with Gasteiger partial charge >= 0.3 is 5.97 Å². The van der Waals surface area contributed by atoms with Gasteiger partial charge in [0.1, 0.15) is 0 Å². The van der Waals surface area contributed by atoms with Crippen molar-refractivity contribution in [1.82, 2.24) is 0 Å². The third kappa shape index (κ3) is 3.14. The summed E-state index contributed by atoms with van der Waals surface area (Å²) in [7, 11) is 1.22. The van der Waals surface area contributed by atoms with Crippen molar-refractivity contribution in [2.75, 3.05) is 12.8 Å². The number of hydrogen-bond donors (Lipinski definition) is 2. The second-order valence-corrected chi connectivity index (χ2v) is 3.30. The molecule has 0 bridgehead atoms. The smallest absolute Gasteiger partial charge is 0.330 e. The molecule has 0 heterocycles. The summed E-state index contributed by atoms with van der Waals surface area (Å²) in [5.74, 6) is -0.597. The number of hydrogen-bond acceptors (Lipinski definition) is 6. The summed E-state index contributed by atoms with van der Waals surface area (Å²) in [5, 5.41) is 18.2. The van der Waals surface area contributed by atoms with Crippen molar-refractivity contribution in [3.63, 3.8) is 0 Å². The zero-order valence-electron chi connectivity index (χ0n) is 9.54. The maximum Gasteiger partial charge on any atom is 0.330 e. The van der Waals surface area contributed by atoms with Crippen molar-refractivity contribution in [1.29, 1.82) is 5.41 Å². The second kappa shape index (κ2) is 5.58. The third-order valence-electron chi connectivity index (χ3n) is 2.12. The number of benzene rings is 1. The van der Waals surface area contributed by atoms with Gasteiger partial charge in [-0.05, 0) is 12.1 Å². The molecule has 18 heavy (non-hydrogen) atoms. The van der Waals surface area contributed by atoms with E-state index >= 15 is 0 Å². The van der Waals surface area contributed by atoms with Gasteiger partial charge in [0.05, 0.1) is 17.7 Å². The van der Waals surface area contributed by atoms with Gasteiger partial charge in [-0.25, -0.2) is 4.79 Å². The summed E-state index contributed by atoms with van der Waals surface area (Å²) in [6.07, 6.45) is 2.28. The van der Waals surface area contributed by atoms with Gasteiger partial charge in [-0.15, -0.1) is 0 Å². The fraction of sp³-hybridized carbons (Fsp3) is 0.0909. The molecule has 0 aromatic heterocycles. The number of non-ortho nitro benzene ring substituents is 1. The lowest BCUT2D eigenvalue weighted by Gasteiger charge is -2.03. The van der Waals surface area contributed by atoms with Crippen LogP contribution >= 0.6 is 0 Å². The highest BCUT2D eigenvalue weighted by Gasteiger charge is 2.10. The van der Waals surface area contributed by atoms with Crippen molar-refractivity contribution < 1.29 is 14.5 Å². The lowest BCUT2D eigenvalue weighted by molar-refractivity contribution is -0.384. The van der Waals surface area contributed by atoms with Gasteiger partial charge < -0.3 is 15.9 Å². The topological polar surface area (TPSA) is 119 Å². The maximum atomic E-state index is 10.8. The van der Waals surface area contributed by atoms with Crippen molar-refractivity contribution in [2.45, 2.75) is 0 Å². The minimum Gasteiger partial charge on any atom is -0.466 e. The lowest BCUT2D eigenvalue weighted by atomic mass is 10.1. The molecular formula is C11H11N3O4. The first kappa shape index (κ1) is 13.4. The molecule has 7 nitrogen and oxygen atoms in total. The van der Waals surface area contributed by atoms with E-state index in [1.807, 2.05) is 0 Å². The third-order valence-corrected chi connectivity index (χ3v) is 2.12. The van der Waals surface area contributed by atoms with Crippen LogP contribution in [-0.4, -0.2) is 23.7 Å². The number of methoxy groups -OCH3 is 1. The van der Waals surface area contributed by atoms with Crippen LogP contribution in [0.2, 0.25) is 0 Å². The fourth-order valence-corrected chi connectivity index (χ4v) is 1.22. The van der Waals surface area contributed by atoms with Gasteiger partial charge in [0.2, 0.25) is 0 Å². The number of allylic oxidation sites excluding steroid dienone is 1. The standard InChI is InChI=1S/C11H11N3O4/c1-18-11(15)5-4-9(12)8-3-2-7(14(16)17)6-10(8)13/h2-6,12H,13H2,1H3/b5-4+,12-9?. The van der Waals surface area contributed by atoms with E-state index in [1.165, 1.54) is 25.3 Å². The normalized spacial score (nSPS) is 10.3. The van der Waals surface area contributed by atoms with Crippen LogP contribution in [0.3, 0.4) is 0 Å². The molecule has 0 atom stereocenters. The molecule has 0 aliphatic carbocycles. The number of nitro benzene ring substituents is 1. The second-order valence-electron chi connectivity index (χ2n) is 3.30. The summed E-state index contributed by atoms with van der Waals surface area (Å²) in [5.41, 5.74) is 5.82. The molecule has 1 aromatic carbocycles. The monoisotopic (exact) mass is 249 g/mol. The minimum atomic E-state index is -0.597. The Balaban J connectivity index is 2.97. The van der Waals surface area contributed by atoms with E-state index in [9.17, 15) is 14.9 Å². The van der Waals surface area contributed by atoms with E-state index in [4.69, 9.17) is 11.1 Å². The number of nitro groups is 1. The molecule has 0 radical (unpaired) electrons. The Morgan fingerprint density at radius 1 is 1.50 bits per heavy atom. The number of anilines is 1. The summed E-state index contributed by atoms with van der Waals surface area (Å²) in [6.45, 7) is 0. The van der Waals surface area contributed by atoms with E-state index < -0.39 is 10.9 Å². The summed E-state index contributed by atoms with van der Waals surface area (Å²) < 4.78 is 4.37. The zero-order chi connectivity index (χ0) is 13.7. The van der Waals surface area contributed by atoms with Crippen LogP contribution in [-0.2, 0) is 9.53 Å². The molecule has 0 aliphatic heterocycles. The van der Waals surface area contributed by atoms with Crippen LogP contribution in [0.25, 0.3) is 0 Å². The lowest BCUT2D eigenvalue weighted by Crippen LogP contribution is -2.03. The first-order valence-corrected chi connectivity index (χ1v) is 4.84. The number of nitrogens with two attached hydrogens (primary N) is 1. The zero-order valence-corrected chi connectivity index (χ0v) is 9.54. The van der Waals surface area contributed by atoms with Gasteiger partial charge in [0, 0.05) is 29.5 Å². The first-order chi connectivity index (χ1) is 8.45. The molecule has 3 N–H and O–H groups in total. The Bertz CT molecular complexity index is 537. The number of nitrogens with one attached hydrogen (secondary N) is 1. The van der Waals surface area contributed by atoms with Crippen LogP contribution in [0.15, 0.2) is 30.4 Å². The minimum absolute atomic E-state index is 0.0344. The Kier molecular flexibility index (Phi) is 4.14. The number of rotatable bonds is 4. The predicted octanol–water partition coefficient (Wildman–Crippen LogP) is 1.27. The molecular weight excluding hydrogens is 238 g/mol. The number of nitrogen functional groups attached to an aromatic ring is 1. The molecule has 1 rings (SSSR count). The number of carbonyl (C=O) groups excluding carboxylic acids is 1. The van der Waals surface area contributed by atoms with E-state index in [1.54, 1.807) is 0 Å². The highest BCUT2D eigenvalue weighted by Crippen LogP contribution is 2.20. The molecule has 0 aliphatic rings. The molecule has 0 unspecified atom stereocenters. The largest absolute Gasteiger partial charge is 0.466 e. The van der Waals surface area contributed by atoms with Crippen molar-refractivity contribution in [3.8, 4) is 0 Å². The van der Waals surface area contributed by atoms with Crippen molar-refractivity contribution >= 4 is 23.1 Å². The molecule has 94 valence electrons. The fourth-order valence-electron chi connectivity index (χ4n) is 1.22. The van der Waals surface area contributed by atoms with Crippen LogP contribution in [0, 0.1) is 15.5 Å². The molecule has 7 heteroatoms. The average Bonchev–Trinajstić information content (AvgIpc) is 2.35. The molecule has 0 fully saturated rings. The van der Waals surface area contributed by atoms with E-state index in [-0.39, 0.29) is 17.1 Å². The summed E-state index contributed by atoms with van der Waals surface area (Å²) in [6, 6.07) is 3.76. The maximum absolute atomic E-state index is 10.8. The van der Waals surface area contributed by atoms with Crippen LogP contribution < -0.4 is 5.73 Å². The molecule has 0 spiro atoms. The average molecular weight is 249 g/mol. The van der Waals surface area contributed by atoms with Gasteiger partial charge in [-0.2, -0.15) is 0 Å². The molecule has 0 amide bonds. The molecule has 0 saturated heterocycles. The molecule has 0 saturated carbocycles. The Morgan fingerprint density at radius 2 is 2.17 bits per heavy atom. The van der Waals surface area contributed by atoms with E-state index in [2.05, 4.69) is 4.74 Å². The van der Waals surface area contributed by atoms with Gasteiger partial charge in [-0.3, -0.25) is 10.1 Å². The van der Waals surface area contributed by atoms with Crippen LogP contribution in [0.1, 0.15) is 5.56 Å². The highest BCUT2D eigenvalue weighted by atomic mass is 16.6. The van der Waals surface area contributed by atoms with E-state index in [0.717, 1.165) is 12.1 Å². The summed E-state index contributed by atoms with van der Waals surface area (Å²) in [4.78, 5) is 20.8. The number of esters is 1. The predicted molar refractivity (Wildman–Crippen MR) is 65.5 cm³/mol. The number of carbonyl (C=O) groups is 1. The van der Waals surface area contributed by atoms with Crippen molar-refractivity contribution in [2.24, 2.45) is 0 Å². The molecule has 1 aromatic rings.